The van der Waals surface area contributed by atoms with E-state index in [0.717, 1.165) is 29.2 Å². The van der Waals surface area contributed by atoms with E-state index in [1.54, 1.807) is 6.26 Å². The van der Waals surface area contributed by atoms with Gasteiger partial charge >= 0.3 is 0 Å². The van der Waals surface area contributed by atoms with Crippen LogP contribution in [0.3, 0.4) is 0 Å². The molecule has 0 radical (unpaired) electrons. The Hall–Kier alpha value is -2.81. The van der Waals surface area contributed by atoms with Crippen LogP contribution in [0, 0.1) is 0 Å². The first kappa shape index (κ1) is 12.0. The number of aromatic nitrogens is 2. The van der Waals surface area contributed by atoms with Crippen LogP contribution in [0.4, 0.5) is 0 Å². The summed E-state index contributed by atoms with van der Waals surface area (Å²) in [6.45, 7) is 0. The normalized spacial score (nSPS) is 11.0. The summed E-state index contributed by atoms with van der Waals surface area (Å²) in [7, 11) is 0. The van der Waals surface area contributed by atoms with Crippen LogP contribution in [0.25, 0.3) is 17.1 Å². The van der Waals surface area contributed by atoms with Gasteiger partial charge in [0.2, 0.25) is 0 Å². The fraction of sp³-hybridized carbons (Fsp3) is 0.0556. The summed E-state index contributed by atoms with van der Waals surface area (Å²) < 4.78 is 7.68. The van der Waals surface area contributed by atoms with Gasteiger partial charge in [-0.1, -0.05) is 36.4 Å². The van der Waals surface area contributed by atoms with E-state index in [0.29, 0.717) is 0 Å². The average molecular weight is 274 g/mol. The molecular weight excluding hydrogens is 260 g/mol. The zero-order valence-corrected chi connectivity index (χ0v) is 11.4. The molecule has 4 aromatic rings. The van der Waals surface area contributed by atoms with Crippen molar-refractivity contribution in [2.24, 2.45) is 0 Å². The van der Waals surface area contributed by atoms with Crippen LogP contribution in [0.5, 0.6) is 0 Å². The minimum atomic E-state index is 0.810. The van der Waals surface area contributed by atoms with E-state index < -0.39 is 0 Å². The Morgan fingerprint density at radius 1 is 0.905 bits per heavy atom. The van der Waals surface area contributed by atoms with Crippen LogP contribution < -0.4 is 0 Å². The molecule has 0 unspecified atom stereocenters. The lowest BCUT2D eigenvalue weighted by Crippen LogP contribution is -1.95. The van der Waals surface area contributed by atoms with Crippen molar-refractivity contribution >= 4 is 5.65 Å². The molecule has 3 heterocycles. The molecule has 0 aliphatic carbocycles. The molecule has 0 N–H and O–H groups in total. The number of fused-ring (bicyclic) bond motifs is 1. The second kappa shape index (κ2) is 4.94. The van der Waals surface area contributed by atoms with Crippen molar-refractivity contribution in [2.45, 2.75) is 6.42 Å². The predicted octanol–water partition coefficient (Wildman–Crippen LogP) is 4.19. The molecule has 0 atom stereocenters. The number of benzene rings is 1. The second-order valence-corrected chi connectivity index (χ2v) is 4.98. The summed E-state index contributed by atoms with van der Waals surface area (Å²) in [5.74, 6) is 0.810. The predicted molar refractivity (Wildman–Crippen MR) is 82.1 cm³/mol. The molecule has 0 aliphatic rings. The van der Waals surface area contributed by atoms with E-state index in [2.05, 4.69) is 28.7 Å². The minimum absolute atomic E-state index is 0.810. The lowest BCUT2D eigenvalue weighted by atomic mass is 10.1. The standard InChI is InChI=1S/C18H14N2O/c1-2-7-14(8-3-1)13-15-18(16-9-6-12-21-16)19-17-10-4-5-11-20(15)17/h1-12H,13H2. The van der Waals surface area contributed by atoms with Crippen molar-refractivity contribution in [1.82, 2.24) is 9.38 Å². The molecule has 4 rings (SSSR count). The number of rotatable bonds is 3. The average Bonchev–Trinajstić information content (AvgIpc) is 3.16. The highest BCUT2D eigenvalue weighted by molar-refractivity contribution is 5.62. The smallest absolute Gasteiger partial charge is 0.154 e. The number of imidazole rings is 1. The number of hydrogen-bond acceptors (Lipinski definition) is 2. The van der Waals surface area contributed by atoms with Gasteiger partial charge in [0.25, 0.3) is 0 Å². The highest BCUT2D eigenvalue weighted by Crippen LogP contribution is 2.26. The van der Waals surface area contributed by atoms with Crippen LogP contribution in [0.2, 0.25) is 0 Å². The summed E-state index contributed by atoms with van der Waals surface area (Å²) in [6, 6.07) is 20.3. The van der Waals surface area contributed by atoms with Crippen molar-refractivity contribution in [3.05, 3.63) is 84.4 Å². The highest BCUT2D eigenvalue weighted by atomic mass is 16.3. The molecule has 21 heavy (non-hydrogen) atoms. The highest BCUT2D eigenvalue weighted by Gasteiger charge is 2.15. The molecule has 0 bridgehead atoms. The van der Waals surface area contributed by atoms with Crippen LogP contribution in [-0.4, -0.2) is 9.38 Å². The third-order valence-corrected chi connectivity index (χ3v) is 3.60. The van der Waals surface area contributed by atoms with E-state index in [1.165, 1.54) is 5.56 Å². The maximum Gasteiger partial charge on any atom is 0.154 e. The zero-order chi connectivity index (χ0) is 14.1. The van der Waals surface area contributed by atoms with E-state index in [9.17, 15) is 0 Å². The SMILES string of the molecule is c1ccc(Cc2c(-c3ccco3)nc3ccccn23)cc1. The number of pyridine rings is 1. The first-order valence-corrected chi connectivity index (χ1v) is 6.95. The molecule has 3 nitrogen and oxygen atoms in total. The van der Waals surface area contributed by atoms with E-state index in [-0.39, 0.29) is 0 Å². The van der Waals surface area contributed by atoms with Gasteiger partial charge in [-0.3, -0.25) is 0 Å². The third-order valence-electron chi connectivity index (χ3n) is 3.60. The Morgan fingerprint density at radius 2 is 1.76 bits per heavy atom. The van der Waals surface area contributed by atoms with E-state index in [4.69, 9.17) is 9.40 Å². The Bertz CT molecular complexity index is 861. The third kappa shape index (κ3) is 2.13. The molecule has 0 aliphatic heterocycles. The quantitative estimate of drug-likeness (QED) is 0.561. The first-order valence-electron chi connectivity index (χ1n) is 6.95. The summed E-state index contributed by atoms with van der Waals surface area (Å²) in [6.07, 6.45) is 4.56. The summed E-state index contributed by atoms with van der Waals surface area (Å²) in [4.78, 5) is 4.72. The van der Waals surface area contributed by atoms with Gasteiger partial charge in [-0.25, -0.2) is 4.98 Å². The Balaban J connectivity index is 1.91. The summed E-state index contributed by atoms with van der Waals surface area (Å²) in [5.41, 5.74) is 4.26. The molecule has 0 fully saturated rings. The minimum Gasteiger partial charge on any atom is -0.463 e. The van der Waals surface area contributed by atoms with Gasteiger partial charge in [0.15, 0.2) is 5.76 Å². The van der Waals surface area contributed by atoms with Crippen molar-refractivity contribution in [3.8, 4) is 11.5 Å². The van der Waals surface area contributed by atoms with Crippen LogP contribution >= 0.6 is 0 Å². The number of hydrogen-bond donors (Lipinski definition) is 0. The molecule has 0 spiro atoms. The van der Waals surface area contributed by atoms with Gasteiger partial charge in [0.05, 0.1) is 12.0 Å². The van der Waals surface area contributed by atoms with Crippen LogP contribution in [-0.2, 0) is 6.42 Å². The lowest BCUT2D eigenvalue weighted by molar-refractivity contribution is 0.579. The largest absolute Gasteiger partial charge is 0.463 e. The Labute approximate surface area is 122 Å². The van der Waals surface area contributed by atoms with E-state index in [1.807, 2.05) is 42.6 Å². The van der Waals surface area contributed by atoms with Gasteiger partial charge in [-0.2, -0.15) is 0 Å². The van der Waals surface area contributed by atoms with Gasteiger partial charge < -0.3 is 8.82 Å². The van der Waals surface area contributed by atoms with Crippen LogP contribution in [0.1, 0.15) is 11.3 Å². The van der Waals surface area contributed by atoms with Gasteiger partial charge in [-0.15, -0.1) is 0 Å². The molecule has 0 amide bonds. The molecule has 3 aromatic heterocycles. The second-order valence-electron chi connectivity index (χ2n) is 4.98. The fourth-order valence-corrected chi connectivity index (χ4v) is 2.62. The Kier molecular flexibility index (Phi) is 2.82. The molecule has 0 saturated heterocycles. The molecular formula is C18H14N2O. The summed E-state index contributed by atoms with van der Waals surface area (Å²) in [5, 5.41) is 0. The van der Waals surface area contributed by atoms with Crippen molar-refractivity contribution in [1.29, 1.82) is 0 Å². The van der Waals surface area contributed by atoms with Crippen LogP contribution in [0.15, 0.2) is 77.5 Å². The molecule has 3 heteroatoms. The van der Waals surface area contributed by atoms with Crippen molar-refractivity contribution < 1.29 is 4.42 Å². The van der Waals surface area contributed by atoms with E-state index >= 15 is 0 Å². The molecule has 102 valence electrons. The first-order chi connectivity index (χ1) is 10.4. The fourth-order valence-electron chi connectivity index (χ4n) is 2.62. The maximum atomic E-state index is 5.55. The Morgan fingerprint density at radius 3 is 2.57 bits per heavy atom. The number of furan rings is 1. The number of nitrogens with zero attached hydrogens (tertiary/aromatic N) is 2. The lowest BCUT2D eigenvalue weighted by Gasteiger charge is -2.04. The van der Waals surface area contributed by atoms with Gasteiger partial charge in [-0.05, 0) is 29.8 Å². The molecule has 1 aromatic carbocycles. The van der Waals surface area contributed by atoms with Gasteiger partial charge in [0.1, 0.15) is 11.3 Å². The summed E-state index contributed by atoms with van der Waals surface area (Å²) >= 11 is 0. The molecule has 0 saturated carbocycles. The zero-order valence-electron chi connectivity index (χ0n) is 11.4. The monoisotopic (exact) mass is 274 g/mol. The maximum absolute atomic E-state index is 5.55. The van der Waals surface area contributed by atoms with Gasteiger partial charge in [0, 0.05) is 12.6 Å². The topological polar surface area (TPSA) is 30.4 Å². The van der Waals surface area contributed by atoms with Crippen molar-refractivity contribution in [2.75, 3.05) is 0 Å². The van der Waals surface area contributed by atoms with Crippen molar-refractivity contribution in [3.63, 3.8) is 0 Å².